The molecule has 52 heteroatoms. The van der Waals surface area contributed by atoms with Gasteiger partial charge in [-0.3, -0.25) is 67.3 Å². The molecule has 0 aromatic heterocycles. The molecule has 402 valence electrons. The second-order valence-corrected chi connectivity index (χ2v) is 13.3. The van der Waals surface area contributed by atoms with Crippen LogP contribution in [0.15, 0.2) is 0 Å². The Kier molecular flexibility index (Phi) is 113. The summed E-state index contributed by atoms with van der Waals surface area (Å²) < 4.78 is 273. The van der Waals surface area contributed by atoms with Gasteiger partial charge in [0, 0.05) is 83.2 Å². The Bertz CT molecular complexity index is 1280. The second kappa shape index (κ2) is 66.4. The van der Waals surface area contributed by atoms with Crippen molar-refractivity contribution in [3.05, 3.63) is 0 Å². The molecule has 0 aliphatic carbocycles. The Hall–Kier alpha value is 1.08. The molecule has 0 aliphatic heterocycles. The zero-order valence-corrected chi connectivity index (χ0v) is 41.5. The van der Waals surface area contributed by atoms with E-state index in [9.17, 15) is 0 Å². The van der Waals surface area contributed by atoms with Crippen molar-refractivity contribution in [3.63, 3.8) is 0 Å². The molecule has 0 amide bonds. The summed E-state index contributed by atoms with van der Waals surface area (Å²) in [5.41, 5.74) is 35.4. The summed E-state index contributed by atoms with van der Waals surface area (Å²) in [7, 11) is -41.3. The first kappa shape index (κ1) is 105. The summed E-state index contributed by atoms with van der Waals surface area (Å²) in [5, 5.41) is 0. The first-order chi connectivity index (χ1) is 25.6. The topological polar surface area (TPSA) is 918 Å². The molecular weight excluding hydrogens is 1360 g/mol. The third-order valence-corrected chi connectivity index (χ3v) is 1.25. The Morgan fingerprint density at radius 3 is 0.194 bits per heavy atom. The van der Waals surface area contributed by atoms with Crippen molar-refractivity contribution in [2.24, 2.45) is 0 Å². The fraction of sp³-hybridized carbons (Fsp3) is 1.00. The van der Waals surface area contributed by atoms with E-state index in [2.05, 4.69) is 57.3 Å². The van der Waals surface area contributed by atoms with E-state index in [0.29, 0.717) is 0 Å². The van der Waals surface area contributed by atoms with Crippen LogP contribution in [0.25, 0.3) is 0 Å². The smallest absolute Gasteiger partial charge is 0.759 e. The molecule has 30 N–H and O–H groups in total. The van der Waals surface area contributed by atoms with Crippen molar-refractivity contribution in [3.8, 4) is 0 Å². The molecule has 42 nitrogen and oxygen atoms in total. The Morgan fingerprint density at radius 2 is 0.194 bits per heavy atom. The van der Waals surface area contributed by atoms with Gasteiger partial charge in [-0.1, -0.05) is 0 Å². The molecule has 0 heterocycles. The molecule has 0 saturated heterocycles. The minimum absolute atomic E-state index is 0. The predicted molar refractivity (Wildman–Crippen MR) is 161 cm³/mol. The van der Waals surface area contributed by atoms with E-state index in [1.54, 1.807) is 0 Å². The predicted octanol–water partition coefficient (Wildman–Crippen LogP) is -23.4. The average molecular weight is 1410 g/mol. The second-order valence-electron chi connectivity index (χ2n) is 6.80. The summed E-state index contributed by atoms with van der Waals surface area (Å²) in [6.07, 6.45) is 0. The maximum Gasteiger partial charge on any atom is 3.00 e. The van der Waals surface area contributed by atoms with Gasteiger partial charge >= 0.3 is 75.5 Å². The molecule has 0 aliphatic rings. The van der Waals surface area contributed by atoms with Crippen molar-refractivity contribution in [1.29, 1.82) is 0 Å². The molecule has 0 spiro atoms. The van der Waals surface area contributed by atoms with Crippen LogP contribution in [0.5, 0.6) is 0 Å². The zero-order chi connectivity index (χ0) is 53.1. The van der Waals surface area contributed by atoms with E-state index in [4.69, 9.17) is 140 Å². The maximum absolute atomic E-state index is 8.52. The van der Waals surface area contributed by atoms with Gasteiger partial charge in [-0.05, 0) is 0 Å². The van der Waals surface area contributed by atoms with Gasteiger partial charge in [0.1, 0.15) is 65.4 Å². The average Bonchev–Trinajstić information content (AvgIpc) is 2.90. The van der Waals surface area contributed by atoms with Gasteiger partial charge < -0.3 is 130 Å². The molecule has 62 heavy (non-hydrogen) atoms. The molecule has 0 rings (SSSR count). The monoisotopic (exact) mass is 1410 g/mol. The summed E-state index contributed by atoms with van der Waals surface area (Å²) in [4.78, 5) is 0. The number of rotatable bonds is 5. The van der Waals surface area contributed by atoms with Crippen LogP contribution in [0.1, 0.15) is 0 Å². The molecule has 0 aromatic rings. The van der Waals surface area contributed by atoms with Crippen molar-refractivity contribution >= 4 is 83.2 Å². The molecule has 0 bridgehead atoms. The number of hydrogen-bond donors (Lipinski definition) is 10. The van der Waals surface area contributed by atoms with Crippen molar-refractivity contribution < 1.29 is 273 Å². The van der Waals surface area contributed by atoms with Crippen LogP contribution in [-0.4, -0.2) is 206 Å². The minimum Gasteiger partial charge on any atom is -0.759 e. The summed E-state index contributed by atoms with van der Waals surface area (Å²) in [6, 6.07) is 0. The molecular formula is C10H50Ho2N10O32S8. The normalized spacial score (nSPS) is 9.90. The van der Waals surface area contributed by atoms with E-state index in [1.165, 1.54) is 0 Å². The standard InChI is InChI=1S/5C2H8N2.2Ho.8H2O4S/c5*3-1-2-4;;;8*1-5(2,3)4/h5*1-4H2;;;8*(H2,1,2,3,4)/q;;;;;2*+3;;;;;;;;/p-6. The fourth-order valence-electron chi connectivity index (χ4n) is 0. The van der Waals surface area contributed by atoms with Gasteiger partial charge in [0.05, 0.1) is 0 Å². The molecule has 0 fully saturated rings. The first-order valence-electron chi connectivity index (χ1n) is 12.8. The van der Waals surface area contributed by atoms with Gasteiger partial charge in [-0.15, -0.1) is 0 Å². The Labute approximate surface area is 417 Å². The van der Waals surface area contributed by atoms with Crippen LogP contribution < -0.4 is 57.3 Å². The summed E-state index contributed by atoms with van der Waals surface area (Å²) in [5.74, 6) is 0. The minimum atomic E-state index is -5.17. The van der Waals surface area contributed by atoms with Gasteiger partial charge in [0.2, 0.25) is 0 Å². The largest absolute Gasteiger partial charge is 3.00 e. The number of quaternary nitrogens is 10. The number of hydrogen-bond acceptors (Lipinski definition) is 32. The van der Waals surface area contributed by atoms with Crippen LogP contribution in [0.4, 0.5) is 0 Å². The van der Waals surface area contributed by atoms with Crippen molar-refractivity contribution in [1.82, 2.24) is 0 Å². The zero-order valence-electron chi connectivity index (χ0n) is 31.1. The summed E-state index contributed by atoms with van der Waals surface area (Å²) >= 11 is 0. The van der Waals surface area contributed by atoms with Gasteiger partial charge in [-0.25, -0.2) is 0 Å². The molecule has 0 atom stereocenters. The van der Waals surface area contributed by atoms with Gasteiger partial charge in [0.25, 0.3) is 0 Å². The first-order valence-corrected chi connectivity index (χ1v) is 23.5. The van der Waals surface area contributed by atoms with E-state index in [0.717, 1.165) is 65.4 Å². The van der Waals surface area contributed by atoms with Crippen LogP contribution in [0, 0.1) is 75.5 Å². The van der Waals surface area contributed by atoms with Crippen LogP contribution in [0.3, 0.4) is 0 Å². The van der Waals surface area contributed by atoms with Crippen LogP contribution in [-0.2, 0) is 83.2 Å². The van der Waals surface area contributed by atoms with E-state index in [1.807, 2.05) is 0 Å². The fourth-order valence-corrected chi connectivity index (χ4v) is 0. The van der Waals surface area contributed by atoms with E-state index < -0.39 is 83.2 Å². The van der Waals surface area contributed by atoms with E-state index in [-0.39, 0.29) is 75.5 Å². The third-order valence-electron chi connectivity index (χ3n) is 1.25. The Morgan fingerprint density at radius 1 is 0.177 bits per heavy atom. The van der Waals surface area contributed by atoms with Gasteiger partial charge in [-0.2, -0.15) is 0 Å². The van der Waals surface area contributed by atoms with E-state index >= 15 is 0 Å². The van der Waals surface area contributed by atoms with Crippen LogP contribution in [0.2, 0.25) is 0 Å². The van der Waals surface area contributed by atoms with Crippen LogP contribution >= 0.6 is 0 Å². The quantitative estimate of drug-likeness (QED) is 0.0694. The molecule has 0 radical (unpaired) electrons. The molecule has 0 unspecified atom stereocenters. The maximum atomic E-state index is 8.52. The van der Waals surface area contributed by atoms with Gasteiger partial charge in [0.15, 0.2) is 0 Å². The Balaban J connectivity index is -0.0000000296. The van der Waals surface area contributed by atoms with Crippen molar-refractivity contribution in [2.45, 2.75) is 0 Å². The molecule has 0 aromatic carbocycles. The molecule has 0 saturated carbocycles. The summed E-state index contributed by atoms with van der Waals surface area (Å²) in [6.45, 7) is 9.58. The third kappa shape index (κ3) is 5970. The SMILES string of the molecule is O=S(=O)([O-])[O-].O=S(=O)([O-])[O-].O=S(=O)([O-])[O-].O=S(=O)([O-])[O-].O=S(=O)([O-])[O-].O=S(=O)([O-])[O-].O=S(=O)([O-])[O-].O=S(=O)([O-])[O-].[Ho+3].[Ho+3].[NH3+]CC[NH3+].[NH3+]CC[NH3+].[NH3+]CC[NH3+].[NH3+]CC[NH3+].[NH3+]CC[NH3+]. The van der Waals surface area contributed by atoms with Crippen molar-refractivity contribution in [2.75, 3.05) is 65.4 Å².